The van der Waals surface area contributed by atoms with Crippen LogP contribution in [0.15, 0.2) is 58.3 Å². The molecule has 2 N–H and O–H groups in total. The predicted octanol–water partition coefficient (Wildman–Crippen LogP) is 3.25. The topological polar surface area (TPSA) is 135 Å². The van der Waals surface area contributed by atoms with Gasteiger partial charge in [-0.25, -0.2) is 21.6 Å². The van der Waals surface area contributed by atoms with E-state index in [0.29, 0.717) is 6.54 Å². The number of anilines is 1. The number of rotatable bonds is 11. The van der Waals surface area contributed by atoms with E-state index in [0.717, 1.165) is 37.8 Å². The third kappa shape index (κ3) is 6.24. The van der Waals surface area contributed by atoms with E-state index in [9.17, 15) is 26.9 Å². The van der Waals surface area contributed by atoms with E-state index in [4.69, 9.17) is 0 Å². The van der Waals surface area contributed by atoms with Gasteiger partial charge in [0.2, 0.25) is 10.0 Å². The van der Waals surface area contributed by atoms with Crippen molar-refractivity contribution < 1.29 is 21.8 Å². The summed E-state index contributed by atoms with van der Waals surface area (Å²) in [5.41, 5.74) is -0.462. The summed E-state index contributed by atoms with van der Waals surface area (Å²) in [5, 5.41) is 11.1. The molecule has 2 aromatic rings. The molecule has 0 amide bonds. The third-order valence-electron chi connectivity index (χ3n) is 4.09. The third-order valence-corrected chi connectivity index (χ3v) is 7.00. The Morgan fingerprint density at radius 2 is 1.55 bits per heavy atom. The summed E-state index contributed by atoms with van der Waals surface area (Å²) in [6.07, 6.45) is 3.76. The maximum atomic E-state index is 12.5. The Morgan fingerprint density at radius 3 is 2.17 bits per heavy atom. The molecule has 29 heavy (non-hydrogen) atoms. The lowest BCUT2D eigenvalue weighted by Gasteiger charge is -2.10. The standard InChI is InChI=1S/C18H23N3O6S2/c1-2-3-4-7-14-19-28(24,25)16-12-10-15(11-13-16)20-29(26,27)18-9-6-5-8-17(18)21(22)23/h5-6,8-13,19-20H,2-4,7,14H2,1H3. The van der Waals surface area contributed by atoms with Crippen LogP contribution in [0, 0.1) is 10.1 Å². The summed E-state index contributed by atoms with van der Waals surface area (Å²) in [4.78, 5) is 9.80. The lowest BCUT2D eigenvalue weighted by molar-refractivity contribution is -0.387. The highest BCUT2D eigenvalue weighted by Gasteiger charge is 2.25. The summed E-state index contributed by atoms with van der Waals surface area (Å²) in [5.74, 6) is 0. The Hall–Kier alpha value is -2.50. The smallest absolute Gasteiger partial charge is 0.279 e. The average Bonchev–Trinajstić information content (AvgIpc) is 2.68. The molecular formula is C18H23N3O6S2. The number of sulfonamides is 2. The summed E-state index contributed by atoms with van der Waals surface area (Å²) >= 11 is 0. The van der Waals surface area contributed by atoms with Gasteiger partial charge in [0.05, 0.1) is 9.82 Å². The maximum Gasteiger partial charge on any atom is 0.289 e. The van der Waals surface area contributed by atoms with Crippen molar-refractivity contribution in [2.75, 3.05) is 11.3 Å². The number of nitrogens with one attached hydrogen (secondary N) is 2. The van der Waals surface area contributed by atoms with Gasteiger partial charge in [0.1, 0.15) is 0 Å². The van der Waals surface area contributed by atoms with Crippen molar-refractivity contribution in [2.45, 2.75) is 42.4 Å². The summed E-state index contributed by atoms with van der Waals surface area (Å²) < 4.78 is 54.3. The lowest BCUT2D eigenvalue weighted by Crippen LogP contribution is -2.24. The van der Waals surface area contributed by atoms with Gasteiger partial charge in [-0.1, -0.05) is 38.3 Å². The van der Waals surface area contributed by atoms with Crippen molar-refractivity contribution in [1.29, 1.82) is 0 Å². The Morgan fingerprint density at radius 1 is 0.897 bits per heavy atom. The summed E-state index contributed by atoms with van der Waals surface area (Å²) in [6.45, 7) is 2.39. The first kappa shape index (κ1) is 22.8. The molecule has 0 aliphatic heterocycles. The molecule has 0 aromatic heterocycles. The molecule has 0 radical (unpaired) electrons. The van der Waals surface area contributed by atoms with Gasteiger partial charge in [-0.2, -0.15) is 0 Å². The van der Waals surface area contributed by atoms with Crippen LogP contribution in [0.4, 0.5) is 11.4 Å². The van der Waals surface area contributed by atoms with Crippen LogP contribution in [0.5, 0.6) is 0 Å². The zero-order valence-corrected chi connectivity index (χ0v) is 17.5. The van der Waals surface area contributed by atoms with Crippen LogP contribution in [-0.2, 0) is 20.0 Å². The first-order valence-electron chi connectivity index (χ1n) is 9.03. The number of unbranched alkanes of at least 4 members (excludes halogenated alkanes) is 3. The van der Waals surface area contributed by atoms with Crippen molar-refractivity contribution in [3.63, 3.8) is 0 Å². The van der Waals surface area contributed by atoms with Crippen molar-refractivity contribution in [3.8, 4) is 0 Å². The molecule has 0 unspecified atom stereocenters. The lowest BCUT2D eigenvalue weighted by atomic mass is 10.2. The molecule has 0 atom stereocenters. The van der Waals surface area contributed by atoms with Gasteiger partial charge in [-0.05, 0) is 36.8 Å². The largest absolute Gasteiger partial charge is 0.289 e. The number of nitrogens with zero attached hydrogens (tertiary/aromatic N) is 1. The molecule has 0 bridgehead atoms. The molecule has 0 aliphatic rings. The Balaban J connectivity index is 2.12. The quantitative estimate of drug-likeness (QED) is 0.312. The fourth-order valence-corrected chi connectivity index (χ4v) is 4.90. The first-order chi connectivity index (χ1) is 13.7. The minimum Gasteiger partial charge on any atom is -0.279 e. The number of hydrogen-bond donors (Lipinski definition) is 2. The van der Waals surface area contributed by atoms with E-state index in [2.05, 4.69) is 16.4 Å². The number of benzene rings is 2. The highest BCUT2D eigenvalue weighted by molar-refractivity contribution is 7.93. The van der Waals surface area contributed by atoms with Gasteiger partial charge in [-0.3, -0.25) is 14.8 Å². The van der Waals surface area contributed by atoms with E-state index >= 15 is 0 Å². The highest BCUT2D eigenvalue weighted by atomic mass is 32.2. The molecule has 0 saturated heterocycles. The number of nitro benzene ring substituents is 1. The van der Waals surface area contributed by atoms with Crippen molar-refractivity contribution in [3.05, 3.63) is 58.6 Å². The minimum absolute atomic E-state index is 0.00151. The molecule has 2 aromatic carbocycles. The molecule has 158 valence electrons. The molecule has 2 rings (SSSR count). The normalized spacial score (nSPS) is 11.9. The molecule has 0 heterocycles. The molecule has 0 spiro atoms. The Kier molecular flexibility index (Phi) is 7.71. The fourth-order valence-electron chi connectivity index (χ4n) is 2.59. The van der Waals surface area contributed by atoms with Gasteiger partial charge < -0.3 is 0 Å². The monoisotopic (exact) mass is 441 g/mol. The van der Waals surface area contributed by atoms with Crippen molar-refractivity contribution in [2.24, 2.45) is 0 Å². The minimum atomic E-state index is -4.22. The molecule has 9 nitrogen and oxygen atoms in total. The SMILES string of the molecule is CCCCCCNS(=O)(=O)c1ccc(NS(=O)(=O)c2ccccc2[N+](=O)[O-])cc1. The van der Waals surface area contributed by atoms with E-state index in [1.807, 2.05) is 0 Å². The zero-order chi connectivity index (χ0) is 21.5. The Bertz CT molecular complexity index is 1050. The van der Waals surface area contributed by atoms with Gasteiger partial charge in [0.25, 0.3) is 15.7 Å². The zero-order valence-electron chi connectivity index (χ0n) is 15.9. The molecule has 0 saturated carbocycles. The van der Waals surface area contributed by atoms with Gasteiger partial charge in [0, 0.05) is 18.3 Å². The number of hydrogen-bond acceptors (Lipinski definition) is 6. The van der Waals surface area contributed by atoms with Gasteiger partial charge in [-0.15, -0.1) is 0 Å². The average molecular weight is 442 g/mol. The fraction of sp³-hybridized carbons (Fsp3) is 0.333. The second kappa shape index (κ2) is 9.81. The van der Waals surface area contributed by atoms with Gasteiger partial charge >= 0.3 is 0 Å². The van der Waals surface area contributed by atoms with E-state index < -0.39 is 35.6 Å². The van der Waals surface area contributed by atoms with Crippen LogP contribution >= 0.6 is 0 Å². The highest BCUT2D eigenvalue weighted by Crippen LogP contribution is 2.25. The predicted molar refractivity (Wildman–Crippen MR) is 110 cm³/mol. The van der Waals surface area contributed by atoms with Crippen molar-refractivity contribution in [1.82, 2.24) is 4.72 Å². The number of para-hydroxylation sites is 1. The second-order valence-corrected chi connectivity index (χ2v) is 9.73. The summed E-state index contributed by atoms with van der Waals surface area (Å²) in [6, 6.07) is 10.1. The van der Waals surface area contributed by atoms with Crippen LogP contribution in [0.3, 0.4) is 0 Å². The van der Waals surface area contributed by atoms with Gasteiger partial charge in [0.15, 0.2) is 4.90 Å². The van der Waals surface area contributed by atoms with Crippen LogP contribution in [0.1, 0.15) is 32.6 Å². The summed E-state index contributed by atoms with van der Waals surface area (Å²) in [7, 11) is -7.91. The van der Waals surface area contributed by atoms with Crippen LogP contribution < -0.4 is 9.44 Å². The number of nitro groups is 1. The molecular weight excluding hydrogens is 418 g/mol. The van der Waals surface area contributed by atoms with E-state index in [-0.39, 0.29) is 10.6 Å². The van der Waals surface area contributed by atoms with Crippen LogP contribution in [0.2, 0.25) is 0 Å². The Labute approximate surface area is 170 Å². The van der Waals surface area contributed by atoms with E-state index in [1.54, 1.807) is 0 Å². The molecule has 11 heteroatoms. The van der Waals surface area contributed by atoms with E-state index in [1.165, 1.54) is 36.4 Å². The van der Waals surface area contributed by atoms with Crippen LogP contribution in [0.25, 0.3) is 0 Å². The van der Waals surface area contributed by atoms with Crippen molar-refractivity contribution >= 4 is 31.4 Å². The molecule has 0 fully saturated rings. The maximum absolute atomic E-state index is 12.5. The van der Waals surface area contributed by atoms with Crippen LogP contribution in [-0.4, -0.2) is 28.3 Å². The second-order valence-electron chi connectivity index (χ2n) is 6.31. The molecule has 0 aliphatic carbocycles. The first-order valence-corrected chi connectivity index (χ1v) is 12.0.